The topological polar surface area (TPSA) is 34.1 Å². The molecular weight excluding hydrogens is 545 g/mol. The Bertz CT molecular complexity index is 1250. The molecule has 0 aliphatic rings. The summed E-state index contributed by atoms with van der Waals surface area (Å²) in [5.41, 5.74) is 5.59. The molecule has 4 aromatic rings. The second-order valence-electron chi connectivity index (χ2n) is 8.64. The molecule has 0 bridgehead atoms. The Labute approximate surface area is 266 Å². The van der Waals surface area contributed by atoms with E-state index in [4.69, 9.17) is 0 Å². The smallest absolute Gasteiger partial charge is 0.206 e. The largest absolute Gasteiger partial charge is 0.219 e. The van der Waals surface area contributed by atoms with E-state index in [9.17, 15) is 8.42 Å². The molecule has 0 aliphatic heterocycles. The standard InChI is InChI=1S/C18H21.C14H12O2S.3C2H6.C2H5/c1-4-18(5-2,16-9-7-6-8-10-16)17-13-11-15(3)12-14-17;1-11-3-7-13(8-4-11)17(15,16)14-9-5-12(2)6-10-14;4*1-2/h6-14H,3-5H2,1-2H3;3-10H,1-2H2;3*1-2H3;1H2,2H3. The molecule has 0 amide bonds. The number of rotatable bonds is 6. The fourth-order valence-electron chi connectivity index (χ4n) is 4.29. The molecule has 0 heterocycles. The quantitative estimate of drug-likeness (QED) is 0.221. The summed E-state index contributed by atoms with van der Waals surface area (Å²) < 4.78 is 24.4. The molecule has 0 saturated heterocycles. The Morgan fingerprint density at radius 3 is 1.07 bits per heavy atom. The molecule has 0 atom stereocenters. The van der Waals surface area contributed by atoms with Gasteiger partial charge in [-0.2, -0.15) is 0 Å². The molecule has 0 fully saturated rings. The molecule has 0 aromatic heterocycles. The van der Waals surface area contributed by atoms with E-state index in [-0.39, 0.29) is 15.2 Å². The fourth-order valence-corrected chi connectivity index (χ4v) is 5.55. The van der Waals surface area contributed by atoms with E-state index in [1.807, 2.05) is 41.5 Å². The molecule has 2 nitrogen and oxygen atoms in total. The predicted molar refractivity (Wildman–Crippen MR) is 191 cm³/mol. The summed E-state index contributed by atoms with van der Waals surface area (Å²) in [6.07, 6.45) is 2.23. The third-order valence-corrected chi connectivity index (χ3v) is 8.29. The normalized spacial score (nSPS) is 9.88. The fraction of sp³-hybridized carbons (Fsp3) is 0.300. The zero-order valence-electron chi connectivity index (χ0n) is 28.3. The van der Waals surface area contributed by atoms with Crippen LogP contribution in [0.25, 0.3) is 0 Å². The highest BCUT2D eigenvalue weighted by Crippen LogP contribution is 2.38. The highest BCUT2D eigenvalue weighted by molar-refractivity contribution is 7.91. The summed E-state index contributed by atoms with van der Waals surface area (Å²) in [6.45, 7) is 33.0. The first-order valence-electron chi connectivity index (χ1n) is 15.5. The van der Waals surface area contributed by atoms with Crippen LogP contribution in [0.3, 0.4) is 0 Å². The van der Waals surface area contributed by atoms with Gasteiger partial charge in [-0.3, -0.25) is 0 Å². The lowest BCUT2D eigenvalue weighted by Crippen LogP contribution is -2.25. The Hall–Kier alpha value is -3.17. The van der Waals surface area contributed by atoms with Gasteiger partial charge < -0.3 is 0 Å². The van der Waals surface area contributed by atoms with Crippen LogP contribution < -0.4 is 0 Å². The Morgan fingerprint density at radius 1 is 0.488 bits per heavy atom. The van der Waals surface area contributed by atoms with Gasteiger partial charge in [0.25, 0.3) is 0 Å². The van der Waals surface area contributed by atoms with Crippen molar-refractivity contribution in [1.82, 2.24) is 0 Å². The summed E-state index contributed by atoms with van der Waals surface area (Å²) >= 11 is 0. The lowest BCUT2D eigenvalue weighted by atomic mass is 9.70. The molecule has 0 aliphatic carbocycles. The minimum atomic E-state index is -3.43. The minimum absolute atomic E-state index is 0.134. The highest BCUT2D eigenvalue weighted by Gasteiger charge is 2.30. The molecule has 4 radical (unpaired) electrons. The van der Waals surface area contributed by atoms with Gasteiger partial charge in [-0.15, -0.1) is 0 Å². The molecule has 234 valence electrons. The first-order valence-corrected chi connectivity index (χ1v) is 17.0. The van der Waals surface area contributed by atoms with E-state index in [2.05, 4.69) is 96.1 Å². The van der Waals surface area contributed by atoms with Crippen LogP contribution in [-0.4, -0.2) is 8.42 Å². The van der Waals surface area contributed by atoms with Gasteiger partial charge in [0.05, 0.1) is 9.79 Å². The van der Waals surface area contributed by atoms with E-state index >= 15 is 0 Å². The SMILES string of the molecule is CC.CC.CC.[CH2]C.[CH2]c1ccc(C(CC)(CC)c2ccccc2)cc1.[CH2]c1ccc(S(=O)(=O)c2ccc([CH2])cc2)cc1. The van der Waals surface area contributed by atoms with Crippen LogP contribution in [0.5, 0.6) is 0 Å². The predicted octanol–water partition coefficient (Wildman–Crippen LogP) is 11.8. The van der Waals surface area contributed by atoms with Crippen molar-refractivity contribution in [2.24, 2.45) is 0 Å². The van der Waals surface area contributed by atoms with E-state index in [1.165, 1.54) is 11.1 Å². The maximum Gasteiger partial charge on any atom is 0.206 e. The van der Waals surface area contributed by atoms with Crippen molar-refractivity contribution >= 4 is 9.84 Å². The first kappa shape index (κ1) is 42.0. The van der Waals surface area contributed by atoms with Gasteiger partial charge in [-0.1, -0.05) is 148 Å². The molecule has 0 N–H and O–H groups in total. The van der Waals surface area contributed by atoms with E-state index in [0.29, 0.717) is 0 Å². The maximum atomic E-state index is 12.2. The van der Waals surface area contributed by atoms with Crippen molar-refractivity contribution in [2.45, 2.75) is 90.4 Å². The zero-order chi connectivity index (χ0) is 33.5. The van der Waals surface area contributed by atoms with Crippen LogP contribution in [-0.2, 0) is 15.3 Å². The van der Waals surface area contributed by atoms with Crippen LogP contribution in [0.2, 0.25) is 0 Å². The number of hydrogen-bond donors (Lipinski definition) is 0. The van der Waals surface area contributed by atoms with Crippen LogP contribution >= 0.6 is 0 Å². The molecule has 0 unspecified atom stereocenters. The third-order valence-electron chi connectivity index (χ3n) is 6.51. The second-order valence-corrected chi connectivity index (χ2v) is 10.6. The van der Waals surface area contributed by atoms with Crippen LogP contribution in [0.15, 0.2) is 113 Å². The van der Waals surface area contributed by atoms with Gasteiger partial charge >= 0.3 is 0 Å². The van der Waals surface area contributed by atoms with Gasteiger partial charge in [0, 0.05) is 5.41 Å². The van der Waals surface area contributed by atoms with Crippen molar-refractivity contribution in [2.75, 3.05) is 0 Å². The summed E-state index contributed by atoms with van der Waals surface area (Å²) in [4.78, 5) is 0.559. The molecule has 3 heteroatoms. The van der Waals surface area contributed by atoms with Gasteiger partial charge in [-0.25, -0.2) is 8.42 Å². The summed E-state index contributed by atoms with van der Waals surface area (Å²) in [5, 5.41) is 0. The van der Waals surface area contributed by atoms with E-state index in [0.717, 1.165) is 29.5 Å². The average molecular weight is 601 g/mol. The van der Waals surface area contributed by atoms with E-state index in [1.54, 1.807) is 55.5 Å². The number of benzene rings is 4. The highest BCUT2D eigenvalue weighted by atomic mass is 32.2. The number of sulfone groups is 1. The molecular formula is C40H56O2S. The molecule has 43 heavy (non-hydrogen) atoms. The van der Waals surface area contributed by atoms with Gasteiger partial charge in [-0.05, 0) is 85.7 Å². The van der Waals surface area contributed by atoms with Gasteiger partial charge in [0.15, 0.2) is 0 Å². The molecule has 4 aromatic carbocycles. The Morgan fingerprint density at radius 2 is 0.767 bits per heavy atom. The number of hydrogen-bond acceptors (Lipinski definition) is 2. The van der Waals surface area contributed by atoms with Crippen molar-refractivity contribution in [3.8, 4) is 0 Å². The third kappa shape index (κ3) is 12.5. The molecule has 0 spiro atoms. The second kappa shape index (κ2) is 23.3. The Balaban J connectivity index is 0. The lowest BCUT2D eigenvalue weighted by molar-refractivity contribution is 0.478. The van der Waals surface area contributed by atoms with Crippen LogP contribution in [0.4, 0.5) is 0 Å². The van der Waals surface area contributed by atoms with Gasteiger partial charge in [0.1, 0.15) is 0 Å². The van der Waals surface area contributed by atoms with Crippen LogP contribution in [0, 0.1) is 27.7 Å². The summed E-state index contributed by atoms with van der Waals surface area (Å²) in [5.74, 6) is 0. The first-order chi connectivity index (χ1) is 20.7. The summed E-state index contributed by atoms with van der Waals surface area (Å²) in [7, 11) is -3.43. The van der Waals surface area contributed by atoms with Crippen molar-refractivity contribution in [1.29, 1.82) is 0 Å². The molecule has 4 rings (SSSR count). The van der Waals surface area contributed by atoms with Crippen molar-refractivity contribution in [3.05, 3.63) is 159 Å². The molecule has 0 saturated carbocycles. The summed E-state index contributed by atoms with van der Waals surface area (Å²) in [6, 6.07) is 32.5. The Kier molecular flexibility index (Phi) is 22.7. The van der Waals surface area contributed by atoms with Crippen molar-refractivity contribution < 1.29 is 8.42 Å². The maximum absolute atomic E-state index is 12.2. The average Bonchev–Trinajstić information content (AvgIpc) is 3.08. The lowest BCUT2D eigenvalue weighted by Gasteiger charge is -2.33. The zero-order valence-corrected chi connectivity index (χ0v) is 29.1. The monoisotopic (exact) mass is 600 g/mol. The van der Waals surface area contributed by atoms with Crippen LogP contribution in [0.1, 0.15) is 103 Å². The van der Waals surface area contributed by atoms with E-state index < -0.39 is 9.84 Å². The van der Waals surface area contributed by atoms with Gasteiger partial charge in [0.2, 0.25) is 9.84 Å². The minimum Gasteiger partial charge on any atom is -0.219 e. The van der Waals surface area contributed by atoms with Crippen molar-refractivity contribution in [3.63, 3.8) is 0 Å².